The van der Waals surface area contributed by atoms with E-state index in [1.54, 1.807) is 0 Å². The zero-order valence-corrected chi connectivity index (χ0v) is 11.2. The minimum absolute atomic E-state index is 0.125. The molecular weight excluding hydrogens is 242 g/mol. The first kappa shape index (κ1) is 13.6. The summed E-state index contributed by atoms with van der Waals surface area (Å²) in [6.45, 7) is 3.90. The molecule has 0 fully saturated rings. The third kappa shape index (κ3) is 3.15. The van der Waals surface area contributed by atoms with Crippen LogP contribution in [0.2, 0.25) is 0 Å². The molecule has 2 rings (SSSR count). The second-order valence-electron chi connectivity index (χ2n) is 4.75. The van der Waals surface area contributed by atoms with E-state index in [4.69, 9.17) is 9.52 Å². The van der Waals surface area contributed by atoms with Crippen molar-refractivity contribution in [3.8, 4) is 0 Å². The Morgan fingerprint density at radius 2 is 2.16 bits per heavy atom. The maximum absolute atomic E-state index is 11.1. The summed E-state index contributed by atoms with van der Waals surface area (Å²) in [4.78, 5) is 11.1. The van der Waals surface area contributed by atoms with E-state index in [1.165, 1.54) is 0 Å². The molecule has 2 unspecified atom stereocenters. The van der Waals surface area contributed by atoms with Gasteiger partial charge in [-0.25, -0.2) is 0 Å². The number of para-hydroxylation sites is 1. The number of benzene rings is 1. The summed E-state index contributed by atoms with van der Waals surface area (Å²) in [6.07, 6.45) is 1.44. The maximum Gasteiger partial charge on any atom is 0.320 e. The van der Waals surface area contributed by atoms with Crippen LogP contribution in [-0.2, 0) is 4.79 Å². The molecular formula is C15H19NO3. The molecule has 2 N–H and O–H groups in total. The van der Waals surface area contributed by atoms with Gasteiger partial charge in [0.25, 0.3) is 0 Å². The molecule has 0 saturated carbocycles. The average molecular weight is 261 g/mol. The lowest BCUT2D eigenvalue weighted by Crippen LogP contribution is -2.38. The minimum atomic E-state index is -0.815. The fourth-order valence-corrected chi connectivity index (χ4v) is 2.17. The molecule has 0 aliphatic heterocycles. The van der Waals surface area contributed by atoms with Gasteiger partial charge in [-0.1, -0.05) is 31.5 Å². The molecule has 0 aliphatic carbocycles. The monoisotopic (exact) mass is 261 g/mol. The van der Waals surface area contributed by atoms with E-state index in [-0.39, 0.29) is 6.04 Å². The third-order valence-corrected chi connectivity index (χ3v) is 3.20. The summed E-state index contributed by atoms with van der Waals surface area (Å²) in [5, 5.41) is 13.3. The van der Waals surface area contributed by atoms with Crippen molar-refractivity contribution in [2.24, 2.45) is 0 Å². The Kier molecular flexibility index (Phi) is 4.22. The summed E-state index contributed by atoms with van der Waals surface area (Å²) in [6, 6.07) is 9.06. The fraction of sp³-hybridized carbons (Fsp3) is 0.400. The highest BCUT2D eigenvalue weighted by atomic mass is 16.4. The minimum Gasteiger partial charge on any atom is -0.480 e. The molecule has 2 aromatic rings. The van der Waals surface area contributed by atoms with Gasteiger partial charge in [0.15, 0.2) is 0 Å². The molecule has 0 bridgehead atoms. The summed E-state index contributed by atoms with van der Waals surface area (Å²) in [7, 11) is 0. The second kappa shape index (κ2) is 5.89. The number of carboxylic acid groups (broad SMARTS) is 1. The molecule has 1 aromatic carbocycles. The van der Waals surface area contributed by atoms with E-state index in [2.05, 4.69) is 5.32 Å². The Morgan fingerprint density at radius 3 is 2.79 bits per heavy atom. The van der Waals surface area contributed by atoms with Crippen molar-refractivity contribution in [2.45, 2.75) is 38.8 Å². The average Bonchev–Trinajstić information content (AvgIpc) is 2.81. The van der Waals surface area contributed by atoms with Gasteiger partial charge < -0.3 is 9.52 Å². The van der Waals surface area contributed by atoms with Crippen LogP contribution >= 0.6 is 0 Å². The van der Waals surface area contributed by atoms with Crippen molar-refractivity contribution in [3.05, 3.63) is 36.1 Å². The summed E-state index contributed by atoms with van der Waals surface area (Å²) < 4.78 is 5.73. The lowest BCUT2D eigenvalue weighted by Gasteiger charge is -2.17. The van der Waals surface area contributed by atoms with Crippen LogP contribution in [0.15, 0.2) is 34.7 Å². The third-order valence-electron chi connectivity index (χ3n) is 3.20. The summed E-state index contributed by atoms with van der Waals surface area (Å²) in [5.41, 5.74) is 0.827. The molecule has 0 aliphatic rings. The standard InChI is InChI=1S/C15H19NO3/c1-3-6-12(15(17)18)16-10(2)14-9-11-7-4-5-8-13(11)19-14/h4-5,7-10,12,16H,3,6H2,1-2H3,(H,17,18). The number of furan rings is 1. The zero-order chi connectivity index (χ0) is 13.8. The predicted molar refractivity (Wildman–Crippen MR) is 74.1 cm³/mol. The van der Waals surface area contributed by atoms with Crippen LogP contribution in [-0.4, -0.2) is 17.1 Å². The molecule has 19 heavy (non-hydrogen) atoms. The Morgan fingerprint density at radius 1 is 1.42 bits per heavy atom. The molecule has 102 valence electrons. The number of rotatable bonds is 6. The van der Waals surface area contributed by atoms with Crippen LogP contribution in [0.4, 0.5) is 0 Å². The molecule has 2 atom stereocenters. The lowest BCUT2D eigenvalue weighted by atomic mass is 10.1. The van der Waals surface area contributed by atoms with Gasteiger partial charge in [-0.3, -0.25) is 10.1 Å². The van der Waals surface area contributed by atoms with Gasteiger partial charge in [0.05, 0.1) is 6.04 Å². The molecule has 0 spiro atoms. The number of fused-ring (bicyclic) bond motifs is 1. The van der Waals surface area contributed by atoms with Crippen LogP contribution in [0.5, 0.6) is 0 Å². The van der Waals surface area contributed by atoms with Crippen molar-refractivity contribution in [2.75, 3.05) is 0 Å². The molecule has 1 heterocycles. The fourth-order valence-electron chi connectivity index (χ4n) is 2.17. The Hall–Kier alpha value is -1.81. The zero-order valence-electron chi connectivity index (χ0n) is 11.2. The van der Waals surface area contributed by atoms with Crippen molar-refractivity contribution in [3.63, 3.8) is 0 Å². The highest BCUT2D eigenvalue weighted by Crippen LogP contribution is 2.24. The van der Waals surface area contributed by atoms with Crippen molar-refractivity contribution in [1.82, 2.24) is 5.32 Å². The predicted octanol–water partition coefficient (Wildman–Crippen LogP) is 3.34. The quantitative estimate of drug-likeness (QED) is 0.837. The number of nitrogens with one attached hydrogen (secondary N) is 1. The van der Waals surface area contributed by atoms with E-state index < -0.39 is 12.0 Å². The number of aliphatic carboxylic acids is 1. The van der Waals surface area contributed by atoms with Gasteiger partial charge in [-0.05, 0) is 25.5 Å². The molecule has 0 saturated heterocycles. The molecule has 4 nitrogen and oxygen atoms in total. The first-order valence-corrected chi connectivity index (χ1v) is 6.59. The van der Waals surface area contributed by atoms with Crippen LogP contribution in [0.1, 0.15) is 38.5 Å². The van der Waals surface area contributed by atoms with Crippen molar-refractivity contribution in [1.29, 1.82) is 0 Å². The highest BCUT2D eigenvalue weighted by Gasteiger charge is 2.21. The Bertz CT molecular complexity index is 528. The maximum atomic E-state index is 11.1. The van der Waals surface area contributed by atoms with Gasteiger partial charge >= 0.3 is 5.97 Å². The van der Waals surface area contributed by atoms with Gasteiger partial charge in [0.1, 0.15) is 17.4 Å². The SMILES string of the molecule is CCCC(NC(C)c1cc2ccccc2o1)C(=O)O. The van der Waals surface area contributed by atoms with Crippen LogP contribution < -0.4 is 5.32 Å². The Balaban J connectivity index is 2.14. The van der Waals surface area contributed by atoms with Crippen molar-refractivity contribution < 1.29 is 14.3 Å². The normalized spacial score (nSPS) is 14.4. The number of hydrogen-bond donors (Lipinski definition) is 2. The molecule has 1 aromatic heterocycles. The summed E-state index contributed by atoms with van der Waals surface area (Å²) >= 11 is 0. The largest absolute Gasteiger partial charge is 0.480 e. The first-order chi connectivity index (χ1) is 9.11. The topological polar surface area (TPSA) is 62.5 Å². The van der Waals surface area contributed by atoms with Crippen molar-refractivity contribution >= 4 is 16.9 Å². The number of carbonyl (C=O) groups is 1. The molecule has 0 amide bonds. The van der Waals surface area contributed by atoms with Gasteiger partial charge in [0, 0.05) is 5.39 Å². The van der Waals surface area contributed by atoms with E-state index in [9.17, 15) is 4.79 Å². The first-order valence-electron chi connectivity index (χ1n) is 6.59. The lowest BCUT2D eigenvalue weighted by molar-refractivity contribution is -0.139. The van der Waals surface area contributed by atoms with Gasteiger partial charge in [-0.2, -0.15) is 0 Å². The highest BCUT2D eigenvalue weighted by molar-refractivity contribution is 5.78. The smallest absolute Gasteiger partial charge is 0.320 e. The van der Waals surface area contributed by atoms with Gasteiger partial charge in [-0.15, -0.1) is 0 Å². The van der Waals surface area contributed by atoms with E-state index in [0.29, 0.717) is 6.42 Å². The number of hydrogen-bond acceptors (Lipinski definition) is 3. The van der Waals surface area contributed by atoms with Crippen LogP contribution in [0.25, 0.3) is 11.0 Å². The van der Waals surface area contributed by atoms with Crippen LogP contribution in [0, 0.1) is 0 Å². The number of carboxylic acids is 1. The van der Waals surface area contributed by atoms with E-state index in [0.717, 1.165) is 23.2 Å². The molecule has 4 heteroatoms. The Labute approximate surface area is 112 Å². The van der Waals surface area contributed by atoms with Gasteiger partial charge in [0.2, 0.25) is 0 Å². The van der Waals surface area contributed by atoms with E-state index >= 15 is 0 Å². The second-order valence-corrected chi connectivity index (χ2v) is 4.75. The van der Waals surface area contributed by atoms with Crippen LogP contribution in [0.3, 0.4) is 0 Å². The summed E-state index contributed by atoms with van der Waals surface area (Å²) in [5.74, 6) is -0.0478. The van der Waals surface area contributed by atoms with E-state index in [1.807, 2.05) is 44.2 Å². The molecule has 0 radical (unpaired) electrons.